The summed E-state index contributed by atoms with van der Waals surface area (Å²) in [5.74, 6) is -0.445. The summed E-state index contributed by atoms with van der Waals surface area (Å²) >= 11 is 5.08. The number of nitrogens with zero attached hydrogens (tertiary/aromatic N) is 1. The Labute approximate surface area is 137 Å². The molecule has 0 bridgehead atoms. The van der Waals surface area contributed by atoms with E-state index in [0.29, 0.717) is 19.5 Å². The number of carbonyl (C=O) groups excluding carboxylic acids is 2. The Bertz CT molecular complexity index is 550. The van der Waals surface area contributed by atoms with Crippen molar-refractivity contribution in [2.24, 2.45) is 11.7 Å². The molecule has 0 radical (unpaired) electrons. The fourth-order valence-corrected chi connectivity index (χ4v) is 3.60. The van der Waals surface area contributed by atoms with Crippen LogP contribution >= 0.6 is 27.7 Å². The molecule has 0 aromatic heterocycles. The van der Waals surface area contributed by atoms with Gasteiger partial charge in [0.1, 0.15) is 0 Å². The molecule has 0 saturated carbocycles. The summed E-state index contributed by atoms with van der Waals surface area (Å²) < 4.78 is 0.969. The second kappa shape index (κ2) is 7.31. The van der Waals surface area contributed by atoms with Crippen molar-refractivity contribution in [3.8, 4) is 0 Å². The number of thioether (sulfide) groups is 1. The van der Waals surface area contributed by atoms with Crippen LogP contribution in [0.25, 0.3) is 0 Å². The molecule has 2 N–H and O–H groups in total. The number of piperidine rings is 1. The van der Waals surface area contributed by atoms with Crippen molar-refractivity contribution in [3.05, 3.63) is 28.2 Å². The minimum atomic E-state index is -0.306. The number of primary amides is 1. The first-order valence-electron chi connectivity index (χ1n) is 6.90. The fraction of sp³-hybridized carbons (Fsp3) is 0.467. The zero-order valence-corrected chi connectivity index (χ0v) is 14.4. The Morgan fingerprint density at radius 1 is 1.48 bits per heavy atom. The highest BCUT2D eigenvalue weighted by Gasteiger charge is 2.27. The second-order valence-corrected chi connectivity index (χ2v) is 6.98. The lowest BCUT2D eigenvalue weighted by Crippen LogP contribution is -2.44. The molecule has 1 atom stereocenters. The van der Waals surface area contributed by atoms with Crippen LogP contribution in [-0.4, -0.2) is 36.1 Å². The van der Waals surface area contributed by atoms with E-state index in [4.69, 9.17) is 5.73 Å². The van der Waals surface area contributed by atoms with Crippen LogP contribution in [0.15, 0.2) is 27.6 Å². The third-order valence-corrected chi connectivity index (χ3v) is 5.09. The summed E-state index contributed by atoms with van der Waals surface area (Å²) in [7, 11) is 0. The Kier molecular flexibility index (Phi) is 5.70. The van der Waals surface area contributed by atoms with E-state index in [-0.39, 0.29) is 17.7 Å². The number of hydrogen-bond acceptors (Lipinski definition) is 3. The second-order valence-electron chi connectivity index (χ2n) is 5.21. The SMILES string of the molecule is CSc1ccc(Br)cc1CC(=O)N1CCC[C@H](C(N)=O)C1. The van der Waals surface area contributed by atoms with Gasteiger partial charge in [-0.25, -0.2) is 0 Å². The molecule has 21 heavy (non-hydrogen) atoms. The normalized spacial score (nSPS) is 18.6. The quantitative estimate of drug-likeness (QED) is 0.827. The molecule has 6 heteroatoms. The van der Waals surface area contributed by atoms with Crippen LogP contribution in [0.2, 0.25) is 0 Å². The van der Waals surface area contributed by atoms with Gasteiger partial charge >= 0.3 is 0 Å². The van der Waals surface area contributed by atoms with Gasteiger partial charge in [-0.3, -0.25) is 9.59 Å². The zero-order chi connectivity index (χ0) is 15.4. The van der Waals surface area contributed by atoms with Crippen molar-refractivity contribution in [3.63, 3.8) is 0 Å². The molecule has 0 spiro atoms. The molecule has 4 nitrogen and oxygen atoms in total. The van der Waals surface area contributed by atoms with Crippen molar-refractivity contribution in [2.75, 3.05) is 19.3 Å². The van der Waals surface area contributed by atoms with Gasteiger partial charge < -0.3 is 10.6 Å². The molecule has 1 saturated heterocycles. The van der Waals surface area contributed by atoms with E-state index >= 15 is 0 Å². The number of likely N-dealkylation sites (tertiary alicyclic amines) is 1. The van der Waals surface area contributed by atoms with E-state index in [9.17, 15) is 9.59 Å². The monoisotopic (exact) mass is 370 g/mol. The summed E-state index contributed by atoms with van der Waals surface area (Å²) in [6, 6.07) is 5.98. The van der Waals surface area contributed by atoms with Crippen LogP contribution in [0.3, 0.4) is 0 Å². The van der Waals surface area contributed by atoms with Crippen LogP contribution < -0.4 is 5.73 Å². The minimum absolute atomic E-state index is 0.0642. The standard InChI is InChI=1S/C15H19BrN2O2S/c1-21-13-5-4-12(16)7-11(13)8-14(19)18-6-2-3-10(9-18)15(17)20/h4-5,7,10H,2-3,6,8-9H2,1H3,(H2,17,20)/t10-/m0/s1. The van der Waals surface area contributed by atoms with Gasteiger partial charge in [0.15, 0.2) is 0 Å². The summed E-state index contributed by atoms with van der Waals surface area (Å²) in [5.41, 5.74) is 6.38. The van der Waals surface area contributed by atoms with Crippen LogP contribution in [0.5, 0.6) is 0 Å². The molecule has 0 aliphatic carbocycles. The molecule has 114 valence electrons. The predicted molar refractivity (Wildman–Crippen MR) is 88.1 cm³/mol. The van der Waals surface area contributed by atoms with E-state index in [2.05, 4.69) is 15.9 Å². The molecule has 1 fully saturated rings. The van der Waals surface area contributed by atoms with Gasteiger partial charge in [0, 0.05) is 22.5 Å². The highest BCUT2D eigenvalue weighted by Crippen LogP contribution is 2.25. The third kappa shape index (κ3) is 4.23. The fourth-order valence-electron chi connectivity index (χ4n) is 2.60. The van der Waals surface area contributed by atoms with Gasteiger partial charge in [-0.05, 0) is 42.9 Å². The maximum atomic E-state index is 12.5. The summed E-state index contributed by atoms with van der Waals surface area (Å²) in [6.07, 6.45) is 3.99. The first-order chi connectivity index (χ1) is 10.0. The van der Waals surface area contributed by atoms with Gasteiger partial charge in [0.25, 0.3) is 0 Å². The summed E-state index contributed by atoms with van der Waals surface area (Å²) in [6.45, 7) is 1.17. The third-order valence-electron chi connectivity index (χ3n) is 3.76. The van der Waals surface area contributed by atoms with E-state index in [1.807, 2.05) is 24.5 Å². The number of amides is 2. The van der Waals surface area contributed by atoms with Crippen LogP contribution in [0, 0.1) is 5.92 Å². The van der Waals surface area contributed by atoms with E-state index in [1.165, 1.54) is 0 Å². The van der Waals surface area contributed by atoms with E-state index < -0.39 is 0 Å². The summed E-state index contributed by atoms with van der Waals surface area (Å²) in [4.78, 5) is 26.6. The average molecular weight is 371 g/mol. The van der Waals surface area contributed by atoms with Gasteiger partial charge in [0.05, 0.1) is 12.3 Å². The topological polar surface area (TPSA) is 63.4 Å². The highest BCUT2D eigenvalue weighted by molar-refractivity contribution is 9.10. The molecule has 1 aliphatic heterocycles. The smallest absolute Gasteiger partial charge is 0.227 e. The van der Waals surface area contributed by atoms with Gasteiger partial charge in [-0.15, -0.1) is 11.8 Å². The minimum Gasteiger partial charge on any atom is -0.369 e. The van der Waals surface area contributed by atoms with Crippen molar-refractivity contribution in [1.82, 2.24) is 4.90 Å². The van der Waals surface area contributed by atoms with Crippen LogP contribution in [-0.2, 0) is 16.0 Å². The molecule has 1 heterocycles. The number of benzene rings is 1. The van der Waals surface area contributed by atoms with Crippen molar-refractivity contribution in [1.29, 1.82) is 0 Å². The summed E-state index contributed by atoms with van der Waals surface area (Å²) in [5, 5.41) is 0. The van der Waals surface area contributed by atoms with Crippen molar-refractivity contribution in [2.45, 2.75) is 24.2 Å². The Balaban J connectivity index is 2.07. The molecular formula is C15H19BrN2O2S. The number of nitrogens with two attached hydrogens (primary N) is 1. The lowest BCUT2D eigenvalue weighted by molar-refractivity contribution is -0.134. The number of hydrogen-bond donors (Lipinski definition) is 1. The first kappa shape index (κ1) is 16.4. The van der Waals surface area contributed by atoms with Crippen molar-refractivity contribution < 1.29 is 9.59 Å². The van der Waals surface area contributed by atoms with Gasteiger partial charge in [0.2, 0.25) is 11.8 Å². The van der Waals surface area contributed by atoms with E-state index in [0.717, 1.165) is 27.8 Å². The molecule has 1 aromatic rings. The van der Waals surface area contributed by atoms with Gasteiger partial charge in [-0.2, -0.15) is 0 Å². The largest absolute Gasteiger partial charge is 0.369 e. The van der Waals surface area contributed by atoms with E-state index in [1.54, 1.807) is 16.7 Å². The number of rotatable bonds is 4. The Morgan fingerprint density at radius 3 is 2.90 bits per heavy atom. The number of halogens is 1. The zero-order valence-electron chi connectivity index (χ0n) is 12.0. The molecule has 2 amide bonds. The Morgan fingerprint density at radius 2 is 2.24 bits per heavy atom. The number of carbonyl (C=O) groups is 2. The molecule has 0 unspecified atom stereocenters. The van der Waals surface area contributed by atoms with Crippen LogP contribution in [0.1, 0.15) is 18.4 Å². The molecular weight excluding hydrogens is 352 g/mol. The maximum absolute atomic E-state index is 12.5. The van der Waals surface area contributed by atoms with Crippen molar-refractivity contribution >= 4 is 39.5 Å². The molecule has 1 aliphatic rings. The average Bonchev–Trinajstić information content (AvgIpc) is 2.47. The highest BCUT2D eigenvalue weighted by atomic mass is 79.9. The molecule has 1 aromatic carbocycles. The Hall–Kier alpha value is -1.01. The lowest BCUT2D eigenvalue weighted by Gasteiger charge is -2.31. The predicted octanol–water partition coefficient (Wildman–Crippen LogP) is 2.44. The molecule has 2 rings (SSSR count). The first-order valence-corrected chi connectivity index (χ1v) is 8.92. The lowest BCUT2D eigenvalue weighted by atomic mass is 9.97. The van der Waals surface area contributed by atoms with Crippen LogP contribution in [0.4, 0.5) is 0 Å². The maximum Gasteiger partial charge on any atom is 0.227 e. The van der Waals surface area contributed by atoms with Gasteiger partial charge in [-0.1, -0.05) is 15.9 Å².